The Hall–Kier alpha value is -2.08. The lowest BCUT2D eigenvalue weighted by atomic mass is 9.67. The van der Waals surface area contributed by atoms with Gasteiger partial charge in [-0.1, -0.05) is 61.3 Å². The number of carboxylic acid groups (broad SMARTS) is 1. The summed E-state index contributed by atoms with van der Waals surface area (Å²) < 4.78 is 0. The van der Waals surface area contributed by atoms with E-state index in [1.165, 1.54) is 0 Å². The molecule has 0 radical (unpaired) electrons. The molecule has 0 saturated carbocycles. The molecule has 7 heteroatoms. The third-order valence-electron chi connectivity index (χ3n) is 6.61. The van der Waals surface area contributed by atoms with E-state index in [1.54, 1.807) is 32.0 Å². The van der Waals surface area contributed by atoms with E-state index in [0.717, 1.165) is 11.1 Å². The minimum Gasteiger partial charge on any atom is -0.481 e. The van der Waals surface area contributed by atoms with Crippen molar-refractivity contribution in [2.45, 2.75) is 70.6 Å². The number of carbonyl (C=O) groups excluding carboxylic acids is 1. The Bertz CT molecular complexity index is 994. The van der Waals surface area contributed by atoms with Crippen LogP contribution in [0.15, 0.2) is 48.5 Å². The molecule has 1 heterocycles. The number of halogens is 2. The first-order valence-electron chi connectivity index (χ1n) is 11.3. The van der Waals surface area contributed by atoms with E-state index >= 15 is 0 Å². The minimum atomic E-state index is -1.09. The first kappa shape index (κ1) is 25.5. The fourth-order valence-corrected chi connectivity index (χ4v) is 5.48. The van der Waals surface area contributed by atoms with E-state index < -0.39 is 17.5 Å². The van der Waals surface area contributed by atoms with Crippen LogP contribution in [0.25, 0.3) is 0 Å². The van der Waals surface area contributed by atoms with Gasteiger partial charge >= 0.3 is 5.97 Å². The number of aliphatic hydroxyl groups excluding tert-OH is 1. The summed E-state index contributed by atoms with van der Waals surface area (Å²) in [4.78, 5) is 27.6. The molecular weight excluding hydrogens is 461 g/mol. The molecule has 0 aromatic heterocycles. The number of amides is 1. The highest BCUT2D eigenvalue weighted by Gasteiger charge is 2.52. The molecule has 1 aliphatic rings. The van der Waals surface area contributed by atoms with Crippen molar-refractivity contribution in [2.24, 2.45) is 5.41 Å². The second-order valence-corrected chi connectivity index (χ2v) is 10.2. The van der Waals surface area contributed by atoms with Crippen molar-refractivity contribution >= 4 is 35.1 Å². The van der Waals surface area contributed by atoms with Gasteiger partial charge in [0.15, 0.2) is 0 Å². The number of carbonyl (C=O) groups is 2. The molecule has 0 aliphatic carbocycles. The van der Waals surface area contributed by atoms with Crippen molar-refractivity contribution in [3.05, 3.63) is 69.7 Å². The van der Waals surface area contributed by atoms with Gasteiger partial charge in [-0.25, -0.2) is 0 Å². The number of aliphatic hydroxyl groups is 1. The Morgan fingerprint density at radius 1 is 1.15 bits per heavy atom. The number of aliphatic carboxylic acids is 1. The molecule has 1 fully saturated rings. The van der Waals surface area contributed by atoms with E-state index in [1.807, 2.05) is 42.2 Å². The summed E-state index contributed by atoms with van der Waals surface area (Å²) in [6.07, 6.45) is 0.528. The predicted molar refractivity (Wildman–Crippen MR) is 131 cm³/mol. The van der Waals surface area contributed by atoms with Gasteiger partial charge in [-0.3, -0.25) is 9.59 Å². The summed E-state index contributed by atoms with van der Waals surface area (Å²) in [7, 11) is 0. The molecule has 1 saturated heterocycles. The zero-order valence-electron chi connectivity index (χ0n) is 19.2. The molecule has 178 valence electrons. The lowest BCUT2D eigenvalue weighted by molar-refractivity contribution is -0.161. The van der Waals surface area contributed by atoms with Crippen molar-refractivity contribution in [1.29, 1.82) is 0 Å². The van der Waals surface area contributed by atoms with Crippen molar-refractivity contribution in [1.82, 2.24) is 4.90 Å². The Labute approximate surface area is 205 Å². The number of nitrogens with zero attached hydrogens (tertiary/aromatic N) is 1. The van der Waals surface area contributed by atoms with Crippen LogP contribution in [0.1, 0.15) is 69.5 Å². The summed E-state index contributed by atoms with van der Waals surface area (Å²) in [5.41, 5.74) is 0.774. The van der Waals surface area contributed by atoms with Crippen LogP contribution in [0.5, 0.6) is 0 Å². The predicted octanol–water partition coefficient (Wildman–Crippen LogP) is 6.08. The smallest absolute Gasteiger partial charge is 0.304 e. The highest BCUT2D eigenvalue weighted by atomic mass is 35.5. The molecular formula is C26H31Cl2NO4. The molecule has 3 rings (SSSR count). The summed E-state index contributed by atoms with van der Waals surface area (Å²) in [6, 6.07) is 14.4. The van der Waals surface area contributed by atoms with Gasteiger partial charge in [0, 0.05) is 22.0 Å². The van der Waals surface area contributed by atoms with Crippen molar-refractivity contribution in [3.8, 4) is 0 Å². The quantitative estimate of drug-likeness (QED) is 0.468. The molecule has 1 amide bonds. The molecule has 2 N–H and O–H groups in total. The van der Waals surface area contributed by atoms with Crippen molar-refractivity contribution < 1.29 is 19.8 Å². The van der Waals surface area contributed by atoms with E-state index in [0.29, 0.717) is 29.3 Å². The standard InChI is InChI=1S/C26H31Cl2NO4/c1-4-21(12-16(2)30)29-24(17-8-10-19(27)11-9-17)22(18-6-5-7-20(28)13-18)14-26(3,25(29)33)15-23(31)32/h5-11,13,16,21-22,24,30H,4,12,14-15H2,1-3H3,(H,31,32)/t16?,21-,22+,24+,26+/m0/s1. The van der Waals surface area contributed by atoms with Gasteiger partial charge < -0.3 is 15.1 Å². The zero-order chi connectivity index (χ0) is 24.3. The Balaban J connectivity index is 2.23. The molecule has 2 aromatic rings. The van der Waals surface area contributed by atoms with Gasteiger partial charge in [0.05, 0.1) is 24.0 Å². The van der Waals surface area contributed by atoms with E-state index in [4.69, 9.17) is 23.2 Å². The summed E-state index contributed by atoms with van der Waals surface area (Å²) in [5, 5.41) is 21.0. The normalized spacial score (nSPS) is 25.0. The van der Waals surface area contributed by atoms with Crippen LogP contribution in [0.4, 0.5) is 0 Å². The van der Waals surface area contributed by atoms with Crippen LogP contribution in [0.3, 0.4) is 0 Å². The second-order valence-electron chi connectivity index (χ2n) is 9.35. The average molecular weight is 492 g/mol. The van der Waals surface area contributed by atoms with Gasteiger partial charge in [-0.2, -0.15) is 0 Å². The van der Waals surface area contributed by atoms with E-state index in [-0.39, 0.29) is 30.3 Å². The van der Waals surface area contributed by atoms with Crippen LogP contribution in [0.2, 0.25) is 10.0 Å². The van der Waals surface area contributed by atoms with Gasteiger partial charge in [0.1, 0.15) is 0 Å². The van der Waals surface area contributed by atoms with Crippen molar-refractivity contribution in [3.63, 3.8) is 0 Å². The summed E-state index contributed by atoms with van der Waals surface area (Å²) >= 11 is 12.5. The number of hydrogen-bond acceptors (Lipinski definition) is 3. The number of hydrogen-bond donors (Lipinski definition) is 2. The molecule has 0 spiro atoms. The van der Waals surface area contributed by atoms with E-state index in [9.17, 15) is 19.8 Å². The van der Waals surface area contributed by atoms with E-state index in [2.05, 4.69) is 0 Å². The summed E-state index contributed by atoms with van der Waals surface area (Å²) in [6.45, 7) is 5.43. The van der Waals surface area contributed by atoms with Crippen LogP contribution < -0.4 is 0 Å². The van der Waals surface area contributed by atoms with Gasteiger partial charge in [-0.15, -0.1) is 0 Å². The SMILES string of the molecule is CC[C@@H](CC(C)O)N1C(=O)[C@@](C)(CC(=O)O)C[C@H](c2cccc(Cl)c2)[C@H]1c1ccc(Cl)cc1. The maximum atomic E-state index is 14.0. The molecule has 1 unspecified atom stereocenters. The molecule has 2 aromatic carbocycles. The average Bonchev–Trinajstić information content (AvgIpc) is 2.74. The highest BCUT2D eigenvalue weighted by molar-refractivity contribution is 6.30. The lowest BCUT2D eigenvalue weighted by Crippen LogP contribution is -2.56. The van der Waals surface area contributed by atoms with Crippen molar-refractivity contribution in [2.75, 3.05) is 0 Å². The molecule has 33 heavy (non-hydrogen) atoms. The Morgan fingerprint density at radius 2 is 1.82 bits per heavy atom. The largest absolute Gasteiger partial charge is 0.481 e. The van der Waals surface area contributed by atoms with Crippen LogP contribution in [-0.4, -0.2) is 39.1 Å². The number of rotatable bonds is 8. The monoisotopic (exact) mass is 491 g/mol. The maximum absolute atomic E-state index is 14.0. The third-order valence-corrected chi connectivity index (χ3v) is 7.10. The first-order chi connectivity index (χ1) is 15.6. The fourth-order valence-electron chi connectivity index (χ4n) is 5.15. The van der Waals surface area contributed by atoms with Crippen LogP contribution >= 0.6 is 23.2 Å². The Kier molecular flexibility index (Phi) is 8.09. The third kappa shape index (κ3) is 5.71. The molecule has 0 bridgehead atoms. The highest BCUT2D eigenvalue weighted by Crippen LogP contribution is 2.52. The minimum absolute atomic E-state index is 0.185. The summed E-state index contributed by atoms with van der Waals surface area (Å²) in [5.74, 6) is -1.39. The first-order valence-corrected chi connectivity index (χ1v) is 12.0. The lowest BCUT2D eigenvalue weighted by Gasteiger charge is -2.52. The van der Waals surface area contributed by atoms with Crippen LogP contribution in [-0.2, 0) is 9.59 Å². The van der Waals surface area contributed by atoms with Gasteiger partial charge in [0.2, 0.25) is 5.91 Å². The molecule has 1 aliphatic heterocycles. The van der Waals surface area contributed by atoms with Crippen LogP contribution in [0, 0.1) is 5.41 Å². The molecule has 5 nitrogen and oxygen atoms in total. The van der Waals surface area contributed by atoms with Gasteiger partial charge in [-0.05, 0) is 61.6 Å². The number of likely N-dealkylation sites (tertiary alicyclic amines) is 1. The maximum Gasteiger partial charge on any atom is 0.304 e. The Morgan fingerprint density at radius 3 is 2.36 bits per heavy atom. The number of carboxylic acids is 1. The van der Waals surface area contributed by atoms with Gasteiger partial charge in [0.25, 0.3) is 0 Å². The zero-order valence-corrected chi connectivity index (χ0v) is 20.7. The number of benzene rings is 2. The fraction of sp³-hybridized carbons (Fsp3) is 0.462. The molecule has 5 atom stereocenters. The number of piperidine rings is 1. The second kappa shape index (κ2) is 10.5. The topological polar surface area (TPSA) is 77.8 Å².